The van der Waals surface area contributed by atoms with Crippen molar-refractivity contribution in [2.45, 2.75) is 50.0 Å². The number of aromatic nitrogens is 1. The van der Waals surface area contributed by atoms with E-state index in [1.165, 1.54) is 37.2 Å². The van der Waals surface area contributed by atoms with E-state index >= 15 is 0 Å². The third kappa shape index (κ3) is 3.48. The van der Waals surface area contributed by atoms with Gasteiger partial charge in [-0.1, -0.05) is 0 Å². The number of hydrogen-bond acceptors (Lipinski definition) is 8. The highest BCUT2D eigenvalue weighted by molar-refractivity contribution is 5.79. The van der Waals surface area contributed by atoms with E-state index in [0.29, 0.717) is 18.0 Å². The van der Waals surface area contributed by atoms with Gasteiger partial charge in [0.05, 0.1) is 0 Å². The number of hydrogen-bond donors (Lipinski definition) is 5. The molecule has 3 heterocycles. The maximum atomic E-state index is 6.30. The van der Waals surface area contributed by atoms with Crippen LogP contribution < -0.4 is 27.6 Å². The van der Waals surface area contributed by atoms with Gasteiger partial charge in [0.25, 0.3) is 0 Å². The van der Waals surface area contributed by atoms with Crippen LogP contribution in [0.5, 0.6) is 0 Å². The number of nitrogens with two attached hydrogens (primary N) is 2. The van der Waals surface area contributed by atoms with Crippen LogP contribution in [0.1, 0.15) is 36.1 Å². The van der Waals surface area contributed by atoms with E-state index in [1.54, 1.807) is 6.20 Å². The van der Waals surface area contributed by atoms with Gasteiger partial charge >= 0.3 is 0 Å². The SMILES string of the molecule is CN1CCC(NC2CCc3ncc(C4(N)N=C(N)NN4)cc3C2)CC1. The van der Waals surface area contributed by atoms with Crippen LogP contribution in [0.2, 0.25) is 0 Å². The monoisotopic (exact) mass is 344 g/mol. The summed E-state index contributed by atoms with van der Waals surface area (Å²) in [6.07, 6.45) is 7.41. The molecule has 4 rings (SSSR count). The van der Waals surface area contributed by atoms with Gasteiger partial charge in [-0.2, -0.15) is 5.43 Å². The molecule has 0 amide bonds. The Morgan fingerprint density at radius 1 is 1.28 bits per heavy atom. The van der Waals surface area contributed by atoms with Crippen molar-refractivity contribution < 1.29 is 0 Å². The predicted molar refractivity (Wildman–Crippen MR) is 97.5 cm³/mol. The molecule has 0 saturated carbocycles. The molecule has 0 bridgehead atoms. The molecule has 0 aromatic carbocycles. The molecule has 2 atom stereocenters. The van der Waals surface area contributed by atoms with Gasteiger partial charge in [0.1, 0.15) is 0 Å². The second kappa shape index (κ2) is 6.53. The van der Waals surface area contributed by atoms with Crippen LogP contribution in [0.4, 0.5) is 0 Å². The molecular weight excluding hydrogens is 316 g/mol. The Kier molecular flexibility index (Phi) is 4.36. The van der Waals surface area contributed by atoms with Gasteiger partial charge in [-0.15, -0.1) is 0 Å². The quantitative estimate of drug-likeness (QED) is 0.483. The molecule has 25 heavy (non-hydrogen) atoms. The topological polar surface area (TPSA) is 117 Å². The molecule has 8 nitrogen and oxygen atoms in total. The Morgan fingerprint density at radius 3 is 2.80 bits per heavy atom. The number of fused-ring (bicyclic) bond motifs is 1. The Hall–Kier alpha value is -1.74. The summed E-state index contributed by atoms with van der Waals surface area (Å²) in [5, 5.41) is 3.86. The number of piperidine rings is 1. The molecule has 2 unspecified atom stereocenters. The molecule has 7 N–H and O–H groups in total. The summed E-state index contributed by atoms with van der Waals surface area (Å²) in [5.41, 5.74) is 20.9. The maximum Gasteiger partial charge on any atom is 0.210 e. The average molecular weight is 344 g/mol. The number of pyridine rings is 1. The minimum absolute atomic E-state index is 0.294. The Bertz CT molecular complexity index is 667. The molecule has 1 aromatic rings. The first-order chi connectivity index (χ1) is 12.0. The van der Waals surface area contributed by atoms with Crippen molar-refractivity contribution in [2.75, 3.05) is 20.1 Å². The summed E-state index contributed by atoms with van der Waals surface area (Å²) in [4.78, 5) is 11.3. The van der Waals surface area contributed by atoms with Gasteiger partial charge in [0.2, 0.25) is 11.7 Å². The highest BCUT2D eigenvalue weighted by Crippen LogP contribution is 2.26. The van der Waals surface area contributed by atoms with E-state index in [1.807, 2.05) is 0 Å². The van der Waals surface area contributed by atoms with E-state index in [0.717, 1.165) is 24.8 Å². The van der Waals surface area contributed by atoms with Crippen LogP contribution in [0.25, 0.3) is 0 Å². The fourth-order valence-electron chi connectivity index (χ4n) is 4.02. The van der Waals surface area contributed by atoms with E-state index in [2.05, 4.69) is 44.2 Å². The highest BCUT2D eigenvalue weighted by Gasteiger charge is 2.33. The minimum Gasteiger partial charge on any atom is -0.369 e. The smallest absolute Gasteiger partial charge is 0.210 e. The summed E-state index contributed by atoms with van der Waals surface area (Å²) in [5.74, 6) is -0.748. The second-order valence-electron chi connectivity index (χ2n) is 7.53. The normalized spacial score (nSPS) is 30.6. The lowest BCUT2D eigenvalue weighted by molar-refractivity contribution is 0.220. The fraction of sp³-hybridized carbons (Fsp3) is 0.647. The number of likely N-dealkylation sites (tertiary alicyclic amines) is 1. The average Bonchev–Trinajstić information content (AvgIpc) is 2.96. The van der Waals surface area contributed by atoms with Crippen LogP contribution in [0.3, 0.4) is 0 Å². The molecular formula is C17H28N8. The number of rotatable bonds is 3. The predicted octanol–water partition coefficient (Wildman–Crippen LogP) is -0.886. The maximum absolute atomic E-state index is 6.30. The van der Waals surface area contributed by atoms with E-state index in [4.69, 9.17) is 11.5 Å². The van der Waals surface area contributed by atoms with Gasteiger partial charge < -0.3 is 16.0 Å². The number of aliphatic imine (C=N–C) groups is 1. The molecule has 136 valence electrons. The van der Waals surface area contributed by atoms with E-state index in [-0.39, 0.29) is 0 Å². The van der Waals surface area contributed by atoms with Crippen LogP contribution >= 0.6 is 0 Å². The van der Waals surface area contributed by atoms with Crippen molar-refractivity contribution in [3.05, 3.63) is 29.1 Å². The fourth-order valence-corrected chi connectivity index (χ4v) is 4.02. The molecule has 3 aliphatic rings. The number of aryl methyl sites for hydroxylation is 1. The molecule has 2 aliphatic heterocycles. The van der Waals surface area contributed by atoms with Gasteiger partial charge in [0, 0.05) is 29.5 Å². The first-order valence-electron chi connectivity index (χ1n) is 9.12. The van der Waals surface area contributed by atoms with E-state index < -0.39 is 5.79 Å². The van der Waals surface area contributed by atoms with Crippen LogP contribution in [0, 0.1) is 0 Å². The van der Waals surface area contributed by atoms with Crippen LogP contribution in [-0.4, -0.2) is 48.1 Å². The highest BCUT2D eigenvalue weighted by atomic mass is 15.6. The Balaban J connectivity index is 1.46. The zero-order valence-electron chi connectivity index (χ0n) is 14.8. The van der Waals surface area contributed by atoms with Crippen molar-refractivity contribution >= 4 is 5.96 Å². The zero-order valence-corrected chi connectivity index (χ0v) is 14.8. The summed E-state index contributed by atoms with van der Waals surface area (Å²) in [7, 11) is 2.20. The molecule has 1 saturated heterocycles. The third-order valence-corrected chi connectivity index (χ3v) is 5.56. The molecule has 0 radical (unpaired) electrons. The number of nitrogens with one attached hydrogen (secondary N) is 3. The third-order valence-electron chi connectivity index (χ3n) is 5.56. The number of hydrazine groups is 1. The van der Waals surface area contributed by atoms with Crippen molar-refractivity contribution in [3.8, 4) is 0 Å². The first-order valence-corrected chi connectivity index (χ1v) is 9.12. The summed E-state index contributed by atoms with van der Waals surface area (Å²) in [6.45, 7) is 2.36. The summed E-state index contributed by atoms with van der Waals surface area (Å²) >= 11 is 0. The molecule has 1 aromatic heterocycles. The summed E-state index contributed by atoms with van der Waals surface area (Å²) < 4.78 is 0. The van der Waals surface area contributed by atoms with Gasteiger partial charge in [-0.05, 0) is 63.9 Å². The molecule has 1 fully saturated rings. The standard InChI is InChI=1S/C17H28N8/c1-25-6-4-13(5-7-25)21-14-2-3-15-11(9-14)8-12(10-20-15)17(19)22-16(18)23-24-17/h8,10,13-14,21,24H,2-7,9,19H2,1H3,(H3,18,22,23). The van der Waals surface area contributed by atoms with Crippen molar-refractivity contribution in [1.82, 2.24) is 26.1 Å². The first kappa shape index (κ1) is 16.7. The molecule has 8 heteroatoms. The second-order valence-corrected chi connectivity index (χ2v) is 7.53. The van der Waals surface area contributed by atoms with Gasteiger partial charge in [-0.25, -0.2) is 4.99 Å². The van der Waals surface area contributed by atoms with E-state index in [9.17, 15) is 0 Å². The lowest BCUT2D eigenvalue weighted by Gasteiger charge is -2.34. The lowest BCUT2D eigenvalue weighted by Crippen LogP contribution is -2.51. The Labute approximate surface area is 148 Å². The molecule has 1 aliphatic carbocycles. The van der Waals surface area contributed by atoms with Crippen molar-refractivity contribution in [1.29, 1.82) is 0 Å². The molecule has 0 spiro atoms. The Morgan fingerprint density at radius 2 is 2.08 bits per heavy atom. The van der Waals surface area contributed by atoms with Gasteiger partial charge in [-0.3, -0.25) is 16.1 Å². The number of guanidine groups is 1. The lowest BCUT2D eigenvalue weighted by atomic mass is 9.89. The minimum atomic E-state index is -1.04. The number of nitrogens with zero attached hydrogens (tertiary/aromatic N) is 3. The van der Waals surface area contributed by atoms with Crippen LogP contribution in [0.15, 0.2) is 17.3 Å². The largest absolute Gasteiger partial charge is 0.369 e. The van der Waals surface area contributed by atoms with Crippen LogP contribution in [-0.2, 0) is 18.6 Å². The zero-order chi connectivity index (χ0) is 17.4. The van der Waals surface area contributed by atoms with Gasteiger partial charge in [0.15, 0.2) is 0 Å². The van der Waals surface area contributed by atoms with Crippen molar-refractivity contribution in [2.24, 2.45) is 16.5 Å². The summed E-state index contributed by atoms with van der Waals surface area (Å²) in [6, 6.07) is 3.27. The van der Waals surface area contributed by atoms with Crippen molar-refractivity contribution in [3.63, 3.8) is 0 Å².